The van der Waals surface area contributed by atoms with Crippen LogP contribution in [-0.2, 0) is 0 Å². The van der Waals surface area contributed by atoms with Crippen molar-refractivity contribution in [3.63, 3.8) is 0 Å². The highest BCUT2D eigenvalue weighted by Gasteiger charge is 2.15. The first-order valence-corrected chi connectivity index (χ1v) is 7.44. The largest absolute Gasteiger partial charge is 0.497 e. The Bertz CT molecular complexity index is 554. The third-order valence-corrected chi connectivity index (χ3v) is 4.09. The second-order valence-corrected chi connectivity index (χ2v) is 5.79. The van der Waals surface area contributed by atoms with E-state index in [4.69, 9.17) is 4.74 Å². The summed E-state index contributed by atoms with van der Waals surface area (Å²) in [5, 5.41) is 6.43. The van der Waals surface area contributed by atoms with Gasteiger partial charge in [0.15, 0.2) is 5.13 Å². The van der Waals surface area contributed by atoms with Gasteiger partial charge in [-0.25, -0.2) is 4.98 Å². The summed E-state index contributed by atoms with van der Waals surface area (Å²) in [6, 6.07) is 8.47. The van der Waals surface area contributed by atoms with Crippen LogP contribution in [0.2, 0.25) is 0 Å². The molecule has 4 nitrogen and oxygen atoms in total. The molecule has 1 N–H and O–H groups in total. The predicted molar refractivity (Wildman–Crippen MR) is 84.8 cm³/mol. The molecule has 0 aliphatic carbocycles. The topological polar surface area (TPSA) is 37.4 Å². The number of aryl methyl sites for hydroxylation is 1. The number of likely N-dealkylation sites (N-methyl/N-ethyl adjacent to an activating group) is 1. The number of ether oxygens (including phenoxy) is 1. The maximum absolute atomic E-state index is 5.30. The summed E-state index contributed by atoms with van der Waals surface area (Å²) < 4.78 is 5.30. The van der Waals surface area contributed by atoms with E-state index in [-0.39, 0.29) is 6.04 Å². The predicted octanol–water partition coefficient (Wildman–Crippen LogP) is 3.17. The molecule has 0 saturated heterocycles. The van der Waals surface area contributed by atoms with E-state index in [1.165, 1.54) is 5.56 Å². The molecule has 0 spiro atoms. The molecule has 0 radical (unpaired) electrons. The second kappa shape index (κ2) is 6.72. The summed E-state index contributed by atoms with van der Waals surface area (Å²) in [4.78, 5) is 6.63. The third kappa shape index (κ3) is 3.71. The van der Waals surface area contributed by atoms with E-state index in [9.17, 15) is 0 Å². The number of hydrogen-bond donors (Lipinski definition) is 1. The van der Waals surface area contributed by atoms with Crippen molar-refractivity contribution in [2.24, 2.45) is 0 Å². The molecule has 2 rings (SSSR count). The first-order chi connectivity index (χ1) is 9.60. The number of anilines is 1. The van der Waals surface area contributed by atoms with Gasteiger partial charge in [0.1, 0.15) is 5.75 Å². The fourth-order valence-corrected chi connectivity index (χ4v) is 2.76. The minimum atomic E-state index is 0.273. The molecule has 0 aliphatic heterocycles. The van der Waals surface area contributed by atoms with Crippen LogP contribution < -0.4 is 10.1 Å². The molecule has 1 unspecified atom stereocenters. The zero-order valence-electron chi connectivity index (χ0n) is 12.4. The molecule has 1 heterocycles. The Kier molecular flexibility index (Phi) is 4.98. The Morgan fingerprint density at radius 3 is 2.80 bits per heavy atom. The number of nitrogens with one attached hydrogen (secondary N) is 1. The Morgan fingerprint density at radius 1 is 1.40 bits per heavy atom. The lowest BCUT2D eigenvalue weighted by Crippen LogP contribution is -2.26. The van der Waals surface area contributed by atoms with Gasteiger partial charge in [-0.3, -0.25) is 0 Å². The summed E-state index contributed by atoms with van der Waals surface area (Å²) in [6.07, 6.45) is 0. The first-order valence-electron chi connectivity index (χ1n) is 6.56. The molecule has 20 heavy (non-hydrogen) atoms. The molecule has 5 heteroatoms. The highest BCUT2D eigenvalue weighted by molar-refractivity contribution is 7.13. The van der Waals surface area contributed by atoms with Crippen LogP contribution in [0.1, 0.15) is 17.3 Å². The molecule has 0 amide bonds. The first kappa shape index (κ1) is 14.8. The van der Waals surface area contributed by atoms with Crippen LogP contribution in [0, 0.1) is 6.92 Å². The third-order valence-electron chi connectivity index (χ3n) is 3.17. The van der Waals surface area contributed by atoms with Crippen LogP contribution in [-0.4, -0.2) is 37.6 Å². The highest BCUT2D eigenvalue weighted by atomic mass is 32.1. The average Bonchev–Trinajstić information content (AvgIpc) is 2.84. The van der Waals surface area contributed by atoms with Crippen LogP contribution in [0.5, 0.6) is 5.75 Å². The molecule has 0 bridgehead atoms. The fraction of sp³-hybridized carbons (Fsp3) is 0.400. The molecule has 1 atom stereocenters. The van der Waals surface area contributed by atoms with Crippen molar-refractivity contribution >= 4 is 16.5 Å². The van der Waals surface area contributed by atoms with Crippen molar-refractivity contribution in [2.45, 2.75) is 13.0 Å². The van der Waals surface area contributed by atoms with Crippen molar-refractivity contribution in [1.29, 1.82) is 0 Å². The van der Waals surface area contributed by atoms with Gasteiger partial charge in [0.25, 0.3) is 0 Å². The van der Waals surface area contributed by atoms with E-state index in [0.29, 0.717) is 0 Å². The van der Waals surface area contributed by atoms with Crippen molar-refractivity contribution in [1.82, 2.24) is 9.88 Å². The molecule has 0 fully saturated rings. The minimum Gasteiger partial charge on any atom is -0.497 e. The molecule has 108 valence electrons. The number of rotatable bonds is 6. The minimum absolute atomic E-state index is 0.273. The maximum atomic E-state index is 5.30. The quantitative estimate of drug-likeness (QED) is 0.887. The Hall–Kier alpha value is -1.59. The lowest BCUT2D eigenvalue weighted by atomic mass is 10.1. The van der Waals surface area contributed by atoms with Gasteiger partial charge in [0, 0.05) is 11.9 Å². The van der Waals surface area contributed by atoms with Crippen LogP contribution in [0.3, 0.4) is 0 Å². The number of aromatic nitrogens is 1. The van der Waals surface area contributed by atoms with E-state index >= 15 is 0 Å². The Labute approximate surface area is 124 Å². The Balaban J connectivity index is 2.10. The summed E-state index contributed by atoms with van der Waals surface area (Å²) >= 11 is 1.64. The van der Waals surface area contributed by atoms with Gasteiger partial charge < -0.3 is 15.0 Å². The normalized spacial score (nSPS) is 12.4. The van der Waals surface area contributed by atoms with Gasteiger partial charge >= 0.3 is 0 Å². The van der Waals surface area contributed by atoms with E-state index < -0.39 is 0 Å². The van der Waals surface area contributed by atoms with Crippen LogP contribution in [0.25, 0.3) is 0 Å². The van der Waals surface area contributed by atoms with Gasteiger partial charge in [-0.2, -0.15) is 0 Å². The molecular weight excluding hydrogens is 270 g/mol. The zero-order valence-corrected chi connectivity index (χ0v) is 13.2. The summed E-state index contributed by atoms with van der Waals surface area (Å²) in [5.41, 5.74) is 2.29. The highest BCUT2D eigenvalue weighted by Crippen LogP contribution is 2.24. The molecule has 1 aromatic carbocycles. The summed E-state index contributed by atoms with van der Waals surface area (Å²) in [6.45, 7) is 2.82. The van der Waals surface area contributed by atoms with Gasteiger partial charge in [-0.15, -0.1) is 11.3 Å². The maximum Gasteiger partial charge on any atom is 0.182 e. The number of hydrogen-bond acceptors (Lipinski definition) is 5. The Morgan fingerprint density at radius 2 is 2.20 bits per heavy atom. The van der Waals surface area contributed by atoms with E-state index in [2.05, 4.69) is 46.8 Å². The number of benzene rings is 1. The van der Waals surface area contributed by atoms with Gasteiger partial charge in [0.2, 0.25) is 0 Å². The standard InChI is InChI=1S/C15H21N3OS/c1-11-10-20-15(17-11)16-9-14(18(2)3)12-6-5-7-13(8-12)19-4/h5-8,10,14H,9H2,1-4H3,(H,16,17). The van der Waals surface area contributed by atoms with Crippen molar-refractivity contribution < 1.29 is 4.74 Å². The SMILES string of the molecule is COc1cccc(C(CNc2nc(C)cs2)N(C)C)c1. The summed E-state index contributed by atoms with van der Waals surface area (Å²) in [7, 11) is 5.86. The number of thiazole rings is 1. The molecular formula is C15H21N3OS. The van der Waals surface area contributed by atoms with E-state index in [1.807, 2.05) is 19.1 Å². The van der Waals surface area contributed by atoms with Gasteiger partial charge in [0.05, 0.1) is 18.8 Å². The van der Waals surface area contributed by atoms with Crippen molar-refractivity contribution in [3.05, 3.63) is 40.9 Å². The van der Waals surface area contributed by atoms with Crippen LogP contribution in [0.4, 0.5) is 5.13 Å². The molecule has 1 aromatic heterocycles. The van der Waals surface area contributed by atoms with Gasteiger partial charge in [-0.05, 0) is 38.7 Å². The van der Waals surface area contributed by atoms with Gasteiger partial charge in [-0.1, -0.05) is 12.1 Å². The average molecular weight is 291 g/mol. The molecule has 2 aromatic rings. The summed E-state index contributed by atoms with van der Waals surface area (Å²) in [5.74, 6) is 0.888. The monoisotopic (exact) mass is 291 g/mol. The van der Waals surface area contributed by atoms with Crippen molar-refractivity contribution in [3.8, 4) is 5.75 Å². The molecule has 0 saturated carbocycles. The van der Waals surface area contributed by atoms with Crippen molar-refractivity contribution in [2.75, 3.05) is 33.1 Å². The van der Waals surface area contributed by atoms with Crippen LogP contribution >= 0.6 is 11.3 Å². The lowest BCUT2D eigenvalue weighted by Gasteiger charge is -2.25. The number of methoxy groups -OCH3 is 1. The second-order valence-electron chi connectivity index (χ2n) is 4.93. The molecule has 0 aliphatic rings. The number of nitrogens with zero attached hydrogens (tertiary/aromatic N) is 2. The van der Waals surface area contributed by atoms with E-state index in [0.717, 1.165) is 23.1 Å². The smallest absolute Gasteiger partial charge is 0.182 e. The zero-order chi connectivity index (χ0) is 14.5. The van der Waals surface area contributed by atoms with Crippen LogP contribution in [0.15, 0.2) is 29.6 Å². The lowest BCUT2D eigenvalue weighted by molar-refractivity contribution is 0.310. The fourth-order valence-electron chi connectivity index (χ4n) is 2.07. The van der Waals surface area contributed by atoms with E-state index in [1.54, 1.807) is 18.4 Å².